The van der Waals surface area contributed by atoms with Crippen molar-refractivity contribution in [3.05, 3.63) is 96.2 Å². The molecule has 1 aromatic heterocycles. The number of hydrogen-bond donors (Lipinski definition) is 0. The molecule has 4 heteroatoms. The first-order valence-corrected chi connectivity index (χ1v) is 8.70. The van der Waals surface area contributed by atoms with Crippen LogP contribution in [0.15, 0.2) is 78.9 Å². The van der Waals surface area contributed by atoms with E-state index < -0.39 is 0 Å². The molecule has 0 amide bonds. The van der Waals surface area contributed by atoms with Gasteiger partial charge in [0, 0.05) is 11.1 Å². The maximum atomic E-state index is 2.99. The van der Waals surface area contributed by atoms with E-state index in [1.54, 1.807) is 0 Å². The van der Waals surface area contributed by atoms with Crippen LogP contribution in [0, 0.1) is 19.9 Å². The number of aryl methyl sites for hydroxylation is 1. The van der Waals surface area contributed by atoms with Gasteiger partial charge in [0.25, 0.3) is 0 Å². The number of benzene rings is 2. The summed E-state index contributed by atoms with van der Waals surface area (Å²) in [7, 11) is 0. The van der Waals surface area contributed by atoms with Gasteiger partial charge in [-0.1, -0.05) is 24.3 Å². The van der Waals surface area contributed by atoms with Crippen molar-refractivity contribution in [1.29, 1.82) is 0 Å². The largest absolute Gasteiger partial charge is 4.00 e. The van der Waals surface area contributed by atoms with Gasteiger partial charge in [0.1, 0.15) is 0 Å². The maximum Gasteiger partial charge on any atom is 4.00 e. The van der Waals surface area contributed by atoms with Crippen molar-refractivity contribution in [2.24, 2.45) is 0 Å². The van der Waals surface area contributed by atoms with Crippen molar-refractivity contribution >= 4 is 21.7 Å². The van der Waals surface area contributed by atoms with Gasteiger partial charge in [0.15, 0.2) is 0 Å². The standard InChI is InChI=1S/C19H16N.C5H5.2ClH.Hf/c1-13-14(2)20(19-10-6-5-9-18(13)19)17-11-15-7-3-4-8-16(15)12-17;1-2-4-5-3-1;;;/h3-12H,1-2H3;1-3H,4H2;2*1H;/q2*-1;;;+4/p-2. The Morgan fingerprint density at radius 2 is 1.68 bits per heavy atom. The van der Waals surface area contributed by atoms with Crippen LogP contribution >= 0.6 is 0 Å². The maximum absolute atomic E-state index is 2.99. The Kier molecular flexibility index (Phi) is 9.56. The van der Waals surface area contributed by atoms with Crippen LogP contribution in [0.5, 0.6) is 0 Å². The van der Waals surface area contributed by atoms with Gasteiger partial charge >= 0.3 is 25.8 Å². The van der Waals surface area contributed by atoms with Gasteiger partial charge < -0.3 is 29.4 Å². The number of fused-ring (bicyclic) bond motifs is 2. The third kappa shape index (κ3) is 4.74. The number of rotatable bonds is 1. The Balaban J connectivity index is 0.000000433. The van der Waals surface area contributed by atoms with Crippen molar-refractivity contribution in [2.75, 3.05) is 0 Å². The van der Waals surface area contributed by atoms with Crippen molar-refractivity contribution in [1.82, 2.24) is 4.57 Å². The van der Waals surface area contributed by atoms with E-state index in [0.717, 1.165) is 6.42 Å². The number of hydrogen-bond acceptors (Lipinski definition) is 0. The van der Waals surface area contributed by atoms with Gasteiger partial charge in [-0.2, -0.15) is 6.08 Å². The number of aromatic nitrogens is 1. The monoisotopic (exact) mass is 573 g/mol. The molecule has 1 heterocycles. The topological polar surface area (TPSA) is 4.93 Å². The van der Waals surface area contributed by atoms with Crippen LogP contribution in [0.2, 0.25) is 0 Å². The summed E-state index contributed by atoms with van der Waals surface area (Å²) in [5.41, 5.74) is 5.23. The number of halogens is 2. The van der Waals surface area contributed by atoms with Crippen LogP contribution in [-0.4, -0.2) is 4.57 Å². The first-order chi connectivity index (χ1) is 12.3. The molecule has 0 saturated heterocycles. The van der Waals surface area contributed by atoms with Crippen LogP contribution in [0.3, 0.4) is 0 Å². The number of nitrogens with zero attached hydrogens (tertiary/aromatic N) is 1. The summed E-state index contributed by atoms with van der Waals surface area (Å²) in [6, 6.07) is 21.7. The fourth-order valence-corrected chi connectivity index (χ4v) is 3.47. The molecule has 3 aromatic carbocycles. The molecule has 0 N–H and O–H groups in total. The minimum Gasteiger partial charge on any atom is -1.00 e. The summed E-state index contributed by atoms with van der Waals surface area (Å²) in [4.78, 5) is 0. The van der Waals surface area contributed by atoms with E-state index in [4.69, 9.17) is 0 Å². The molecule has 0 saturated carbocycles. The normalized spacial score (nSPS) is 11.4. The molecule has 4 aromatic rings. The Morgan fingerprint density at radius 3 is 2.32 bits per heavy atom. The van der Waals surface area contributed by atoms with Crippen molar-refractivity contribution in [2.45, 2.75) is 20.3 Å². The van der Waals surface area contributed by atoms with Crippen molar-refractivity contribution < 1.29 is 50.7 Å². The molecule has 140 valence electrons. The molecule has 0 unspecified atom stereocenters. The third-order valence-electron chi connectivity index (χ3n) is 4.87. The molecular formula is C24H21Cl2HfN. The molecule has 28 heavy (non-hydrogen) atoms. The Labute approximate surface area is 198 Å². The molecule has 1 aliphatic carbocycles. The molecule has 0 aliphatic heterocycles. The minimum absolute atomic E-state index is 0. The third-order valence-corrected chi connectivity index (χ3v) is 4.87. The number of allylic oxidation sites excluding steroid dienone is 4. The van der Waals surface area contributed by atoms with E-state index in [1.165, 1.54) is 38.6 Å². The summed E-state index contributed by atoms with van der Waals surface area (Å²) < 4.78 is 2.37. The zero-order valence-corrected chi connectivity index (χ0v) is 21.0. The number of para-hydroxylation sites is 1. The summed E-state index contributed by atoms with van der Waals surface area (Å²) in [5, 5.41) is 3.95. The smallest absolute Gasteiger partial charge is 1.00 e. The van der Waals surface area contributed by atoms with E-state index in [9.17, 15) is 0 Å². The fraction of sp³-hybridized carbons (Fsp3) is 0.125. The van der Waals surface area contributed by atoms with Crippen LogP contribution < -0.4 is 24.8 Å². The minimum atomic E-state index is 0. The van der Waals surface area contributed by atoms with Crippen molar-refractivity contribution in [3.63, 3.8) is 0 Å². The van der Waals surface area contributed by atoms with E-state index in [-0.39, 0.29) is 50.7 Å². The van der Waals surface area contributed by atoms with Gasteiger partial charge in [-0.25, -0.2) is 12.2 Å². The first-order valence-electron chi connectivity index (χ1n) is 8.70. The van der Waals surface area contributed by atoms with Gasteiger partial charge in [0.05, 0.1) is 5.52 Å². The predicted molar refractivity (Wildman–Crippen MR) is 107 cm³/mol. The van der Waals surface area contributed by atoms with Gasteiger partial charge in [-0.15, -0.1) is 47.5 Å². The van der Waals surface area contributed by atoms with E-state index >= 15 is 0 Å². The van der Waals surface area contributed by atoms with Crippen molar-refractivity contribution in [3.8, 4) is 5.69 Å². The summed E-state index contributed by atoms with van der Waals surface area (Å²) in [6.45, 7) is 4.41. The van der Waals surface area contributed by atoms with Crippen LogP contribution in [-0.2, 0) is 25.8 Å². The van der Waals surface area contributed by atoms with Gasteiger partial charge in [-0.05, 0) is 31.2 Å². The second kappa shape index (κ2) is 10.9. The molecular weight excluding hydrogens is 552 g/mol. The zero-order chi connectivity index (χ0) is 17.2. The zero-order valence-electron chi connectivity index (χ0n) is 15.9. The van der Waals surface area contributed by atoms with Crippen LogP contribution in [0.25, 0.3) is 27.4 Å². The fourth-order valence-electron chi connectivity index (χ4n) is 3.47. The van der Waals surface area contributed by atoms with Crippen LogP contribution in [0.4, 0.5) is 0 Å². The molecule has 1 aliphatic rings. The Morgan fingerprint density at radius 1 is 0.964 bits per heavy atom. The summed E-state index contributed by atoms with van der Waals surface area (Å²) in [5.74, 6) is 0. The van der Waals surface area contributed by atoms with Crippen LogP contribution in [0.1, 0.15) is 17.7 Å². The first kappa shape index (κ1) is 24.6. The average molecular weight is 573 g/mol. The predicted octanol–water partition coefficient (Wildman–Crippen LogP) is 0.431. The second-order valence-corrected chi connectivity index (χ2v) is 6.41. The summed E-state index contributed by atoms with van der Waals surface area (Å²) in [6.07, 6.45) is 10.0. The molecule has 0 bridgehead atoms. The molecule has 1 nitrogen and oxygen atoms in total. The molecule has 0 atom stereocenters. The Bertz CT molecular complexity index is 1060. The van der Waals surface area contributed by atoms with E-state index in [1.807, 2.05) is 12.2 Å². The van der Waals surface area contributed by atoms with E-state index in [0.29, 0.717) is 0 Å². The average Bonchev–Trinajstić information content (AvgIpc) is 3.37. The molecule has 5 rings (SSSR count). The van der Waals surface area contributed by atoms with Gasteiger partial charge in [0.2, 0.25) is 0 Å². The molecule has 0 spiro atoms. The SMILES string of the molecule is Cc1c(C)n(-c2cc3ccccc3[cH-]2)c2ccccc12.[C-]1=CC=CC1.[Cl-].[Cl-].[Hf+4]. The molecule has 0 fully saturated rings. The summed E-state index contributed by atoms with van der Waals surface area (Å²) >= 11 is 0. The quantitative estimate of drug-likeness (QED) is 0.231. The van der Waals surface area contributed by atoms with Gasteiger partial charge in [-0.3, -0.25) is 6.08 Å². The van der Waals surface area contributed by atoms with E-state index in [2.05, 4.69) is 91.2 Å². The second-order valence-electron chi connectivity index (χ2n) is 6.41. The molecule has 0 radical (unpaired) electrons. The Hall–Kier alpha value is -1.48.